The highest BCUT2D eigenvalue weighted by molar-refractivity contribution is 5.75. The minimum atomic E-state index is -1.43. The fourth-order valence-corrected chi connectivity index (χ4v) is 5.47. The minimum absolute atomic E-state index is 0.0000281. The highest BCUT2D eigenvalue weighted by Gasteiger charge is 2.44. The van der Waals surface area contributed by atoms with Crippen LogP contribution >= 0.6 is 0 Å². The van der Waals surface area contributed by atoms with Gasteiger partial charge in [-0.15, -0.1) is 0 Å². The summed E-state index contributed by atoms with van der Waals surface area (Å²) in [6.45, 7) is 1.90. The second-order valence-electron chi connectivity index (χ2n) is 10.1. The number of aliphatic hydroxyl groups is 2. The molecule has 2 aliphatic rings. The van der Waals surface area contributed by atoms with E-state index >= 15 is 4.39 Å². The monoisotopic (exact) mass is 515 g/mol. The molecule has 8 nitrogen and oxygen atoms in total. The number of methoxy groups -OCH3 is 1. The summed E-state index contributed by atoms with van der Waals surface area (Å²) in [5.41, 5.74) is 4.87. The molecule has 2 aromatic carbocycles. The fraction of sp³-hybridized carbons (Fsp3) is 0.536. The Kier molecular flexibility index (Phi) is 9.02. The lowest BCUT2D eigenvalue weighted by Crippen LogP contribution is -2.52. The molecular formula is C28H38FN3O5. The summed E-state index contributed by atoms with van der Waals surface area (Å²) in [7, 11) is 1.64. The van der Waals surface area contributed by atoms with Crippen LogP contribution in [0.15, 0.2) is 48.5 Å². The number of carbonyl (C=O) groups excluding carboxylic acids is 1. The highest BCUT2D eigenvalue weighted by atomic mass is 19.1. The van der Waals surface area contributed by atoms with Crippen molar-refractivity contribution in [1.29, 1.82) is 0 Å². The zero-order valence-corrected chi connectivity index (χ0v) is 21.4. The van der Waals surface area contributed by atoms with Crippen LogP contribution in [0.3, 0.4) is 0 Å². The van der Waals surface area contributed by atoms with Gasteiger partial charge in [0.05, 0.1) is 11.7 Å². The first-order valence-corrected chi connectivity index (χ1v) is 13.0. The average molecular weight is 516 g/mol. The van der Waals surface area contributed by atoms with Gasteiger partial charge in [0, 0.05) is 57.4 Å². The van der Waals surface area contributed by atoms with Gasteiger partial charge in [-0.2, -0.15) is 0 Å². The summed E-state index contributed by atoms with van der Waals surface area (Å²) in [5.74, 6) is -0.422. The van der Waals surface area contributed by atoms with E-state index < -0.39 is 23.6 Å². The molecular weight excluding hydrogens is 477 g/mol. The molecule has 0 saturated carbocycles. The third kappa shape index (κ3) is 6.23. The molecule has 37 heavy (non-hydrogen) atoms. The zero-order valence-electron chi connectivity index (χ0n) is 21.4. The first-order chi connectivity index (χ1) is 17.8. The van der Waals surface area contributed by atoms with Crippen molar-refractivity contribution >= 4 is 6.03 Å². The molecule has 2 aliphatic heterocycles. The standard InChI is InChI=1S/C28H38FN3O5/c1-36-16-6-5-14-28(35,22-12-7-13-23(29)26(22)37-21-10-3-2-4-11-21)20-9-8-15-31(17-20)27(34)32-18-24(30)25(33)19-32/h2-4,7,10-13,20,24-25,33,35H,5-6,8-9,14-19,30H2,1H3/t20-,24-,25+,28+/m1/s1. The Morgan fingerprint density at radius 2 is 1.89 bits per heavy atom. The van der Waals surface area contributed by atoms with Gasteiger partial charge in [-0.05, 0) is 50.3 Å². The molecule has 0 aromatic heterocycles. The summed E-state index contributed by atoms with van der Waals surface area (Å²) in [5, 5.41) is 22.4. The quantitative estimate of drug-likeness (QED) is 0.442. The van der Waals surface area contributed by atoms with E-state index in [1.54, 1.807) is 53.3 Å². The number of benzene rings is 2. The lowest BCUT2D eigenvalue weighted by Gasteiger charge is -2.44. The van der Waals surface area contributed by atoms with Gasteiger partial charge in [-0.25, -0.2) is 9.18 Å². The van der Waals surface area contributed by atoms with E-state index in [0.717, 1.165) is 6.42 Å². The van der Waals surface area contributed by atoms with E-state index in [1.165, 1.54) is 6.07 Å². The van der Waals surface area contributed by atoms with Crippen molar-refractivity contribution in [3.8, 4) is 11.5 Å². The smallest absolute Gasteiger partial charge is 0.320 e. The Hall–Kier alpha value is -2.72. The maximum atomic E-state index is 15.2. The maximum Gasteiger partial charge on any atom is 0.320 e. The average Bonchev–Trinajstić information content (AvgIpc) is 3.25. The second-order valence-corrected chi connectivity index (χ2v) is 10.1. The number of likely N-dealkylation sites (tertiary alicyclic amines) is 2. The van der Waals surface area contributed by atoms with Gasteiger partial charge in [-0.3, -0.25) is 0 Å². The van der Waals surface area contributed by atoms with Crippen LogP contribution in [-0.2, 0) is 10.3 Å². The number of nitrogens with zero attached hydrogens (tertiary/aromatic N) is 2. The Labute approximate surface area is 217 Å². The number of hydrogen-bond donors (Lipinski definition) is 3. The lowest BCUT2D eigenvalue weighted by molar-refractivity contribution is -0.0590. The van der Waals surface area contributed by atoms with Crippen molar-refractivity contribution in [2.24, 2.45) is 11.7 Å². The molecule has 4 N–H and O–H groups in total. The largest absolute Gasteiger partial charge is 0.454 e. The molecule has 0 aliphatic carbocycles. The molecule has 0 bridgehead atoms. The van der Waals surface area contributed by atoms with Crippen molar-refractivity contribution in [1.82, 2.24) is 9.80 Å². The summed E-state index contributed by atoms with van der Waals surface area (Å²) in [6, 6.07) is 12.9. The molecule has 202 valence electrons. The molecule has 4 atom stereocenters. The predicted molar refractivity (Wildman–Crippen MR) is 138 cm³/mol. The van der Waals surface area contributed by atoms with Crippen LogP contribution in [0.5, 0.6) is 11.5 Å². The Morgan fingerprint density at radius 1 is 1.11 bits per heavy atom. The van der Waals surface area contributed by atoms with Gasteiger partial charge < -0.3 is 35.2 Å². The molecule has 0 spiro atoms. The van der Waals surface area contributed by atoms with Gasteiger partial charge in [-0.1, -0.05) is 30.3 Å². The molecule has 9 heteroatoms. The molecule has 2 aromatic rings. The van der Waals surface area contributed by atoms with E-state index in [1.807, 2.05) is 6.07 Å². The van der Waals surface area contributed by atoms with E-state index in [0.29, 0.717) is 63.2 Å². The third-order valence-corrected chi connectivity index (χ3v) is 7.52. The Bertz CT molecular complexity index is 1030. The molecule has 2 fully saturated rings. The zero-order chi connectivity index (χ0) is 26.4. The number of hydrogen-bond acceptors (Lipinski definition) is 6. The van der Waals surface area contributed by atoms with E-state index in [4.69, 9.17) is 15.2 Å². The number of amides is 2. The number of nitrogens with two attached hydrogens (primary N) is 1. The number of piperidine rings is 1. The number of urea groups is 1. The van der Waals surface area contributed by atoms with Crippen molar-refractivity contribution in [2.45, 2.75) is 49.9 Å². The Balaban J connectivity index is 1.63. The number of carbonyl (C=O) groups is 1. The van der Waals surface area contributed by atoms with Gasteiger partial charge in [0.1, 0.15) is 5.75 Å². The number of β-amino-alcohol motifs (C(OH)–C–C–N with tert-alkyl or cyclic N) is 1. The molecule has 2 saturated heterocycles. The van der Waals surface area contributed by atoms with Crippen LogP contribution in [0, 0.1) is 11.7 Å². The molecule has 2 heterocycles. The Morgan fingerprint density at radius 3 is 2.59 bits per heavy atom. The summed E-state index contributed by atoms with van der Waals surface area (Å²) in [4.78, 5) is 16.6. The minimum Gasteiger partial charge on any atom is -0.454 e. The third-order valence-electron chi connectivity index (χ3n) is 7.52. The summed E-state index contributed by atoms with van der Waals surface area (Å²) in [6.07, 6.45) is 2.39. The van der Waals surface area contributed by atoms with Gasteiger partial charge in [0.2, 0.25) is 0 Å². The summed E-state index contributed by atoms with van der Waals surface area (Å²) >= 11 is 0. The number of aliphatic hydroxyl groups excluding tert-OH is 1. The topological polar surface area (TPSA) is 108 Å². The van der Waals surface area contributed by atoms with Gasteiger partial charge >= 0.3 is 6.03 Å². The second kappa shape index (κ2) is 12.2. The first-order valence-electron chi connectivity index (χ1n) is 13.0. The first kappa shape index (κ1) is 27.3. The molecule has 4 rings (SSSR count). The van der Waals surface area contributed by atoms with Crippen LogP contribution in [0.25, 0.3) is 0 Å². The predicted octanol–water partition coefficient (Wildman–Crippen LogP) is 3.46. The molecule has 0 radical (unpaired) electrons. The fourth-order valence-electron chi connectivity index (χ4n) is 5.47. The van der Waals surface area contributed by atoms with Crippen LogP contribution in [-0.4, -0.2) is 78.1 Å². The SMILES string of the molecule is COCCCC[C@@](O)(c1cccc(F)c1Oc1ccccc1)[C@@H]1CCCN(C(=O)N2C[C@@H](N)[C@@H](O)C2)C1. The maximum absolute atomic E-state index is 15.2. The van der Waals surface area contributed by atoms with Crippen molar-refractivity contribution in [3.05, 3.63) is 59.9 Å². The van der Waals surface area contributed by atoms with Crippen molar-refractivity contribution < 1.29 is 28.9 Å². The van der Waals surface area contributed by atoms with Gasteiger partial charge in [0.15, 0.2) is 11.6 Å². The van der Waals surface area contributed by atoms with Crippen molar-refractivity contribution in [3.63, 3.8) is 0 Å². The summed E-state index contributed by atoms with van der Waals surface area (Å²) < 4.78 is 26.4. The number of halogens is 1. The number of rotatable bonds is 9. The van der Waals surface area contributed by atoms with E-state index in [-0.39, 0.29) is 24.2 Å². The number of unbranched alkanes of at least 4 members (excludes halogenated alkanes) is 1. The molecule has 2 amide bonds. The normalized spacial score (nSPS) is 23.6. The van der Waals surface area contributed by atoms with Crippen molar-refractivity contribution in [2.75, 3.05) is 39.9 Å². The number of ether oxygens (including phenoxy) is 2. The van der Waals surface area contributed by atoms with E-state index in [2.05, 4.69) is 0 Å². The van der Waals surface area contributed by atoms with Crippen LogP contribution in [0.2, 0.25) is 0 Å². The lowest BCUT2D eigenvalue weighted by atomic mass is 9.73. The van der Waals surface area contributed by atoms with Crippen LogP contribution in [0.4, 0.5) is 9.18 Å². The van der Waals surface area contributed by atoms with E-state index in [9.17, 15) is 15.0 Å². The van der Waals surface area contributed by atoms with Crippen LogP contribution in [0.1, 0.15) is 37.7 Å². The highest BCUT2D eigenvalue weighted by Crippen LogP contribution is 2.45. The number of para-hydroxylation sites is 2. The molecule has 0 unspecified atom stereocenters. The van der Waals surface area contributed by atoms with Crippen LogP contribution < -0.4 is 10.5 Å². The van der Waals surface area contributed by atoms with Gasteiger partial charge in [0.25, 0.3) is 0 Å².